The van der Waals surface area contributed by atoms with Crippen LogP contribution in [0.15, 0.2) is 41.1 Å². The van der Waals surface area contributed by atoms with E-state index < -0.39 is 0 Å². The Hall–Kier alpha value is -1.56. The van der Waals surface area contributed by atoms with Crippen LogP contribution in [0.3, 0.4) is 0 Å². The Balaban J connectivity index is 1.35. The summed E-state index contributed by atoms with van der Waals surface area (Å²) in [5, 5.41) is 10.8. The molecule has 4 nitrogen and oxygen atoms in total. The average molecular weight is 364 g/mol. The van der Waals surface area contributed by atoms with Crippen LogP contribution in [0.1, 0.15) is 18.4 Å². The number of nitrogens with zero attached hydrogens (tertiary/aromatic N) is 1. The zero-order chi connectivity index (χ0) is 16.8. The molecular weight excluding hydrogens is 342 g/mol. The van der Waals surface area contributed by atoms with Crippen molar-refractivity contribution in [2.24, 2.45) is 5.92 Å². The number of hydrogen-bond acceptors (Lipinski definition) is 3. The van der Waals surface area contributed by atoms with Crippen LogP contribution in [-0.4, -0.2) is 30.6 Å². The lowest BCUT2D eigenvalue weighted by molar-refractivity contribution is 0.176. The van der Waals surface area contributed by atoms with Gasteiger partial charge in [0.15, 0.2) is 0 Å². The van der Waals surface area contributed by atoms with E-state index in [4.69, 9.17) is 11.6 Å². The van der Waals surface area contributed by atoms with Crippen LogP contribution in [0.5, 0.6) is 0 Å². The third-order valence-corrected chi connectivity index (χ3v) is 5.33. The van der Waals surface area contributed by atoms with Gasteiger partial charge >= 0.3 is 6.03 Å². The van der Waals surface area contributed by atoms with Crippen molar-refractivity contribution < 1.29 is 4.79 Å². The predicted octanol–water partition coefficient (Wildman–Crippen LogP) is 4.44. The number of rotatable bonds is 5. The number of carbonyl (C=O) groups excluding carboxylic acids is 1. The molecule has 0 bridgehead atoms. The minimum Gasteiger partial charge on any atom is -0.338 e. The quantitative estimate of drug-likeness (QED) is 0.825. The lowest BCUT2D eigenvalue weighted by Crippen LogP contribution is -2.39. The second-order valence-electron chi connectivity index (χ2n) is 6.19. The molecule has 0 spiro atoms. The van der Waals surface area contributed by atoms with Crippen molar-refractivity contribution >= 4 is 34.7 Å². The monoisotopic (exact) mass is 363 g/mol. The number of nitrogens with one attached hydrogen (secondary N) is 2. The molecule has 2 amide bonds. The number of carbonyl (C=O) groups is 1. The van der Waals surface area contributed by atoms with E-state index in [0.29, 0.717) is 10.9 Å². The van der Waals surface area contributed by atoms with Gasteiger partial charge in [0.2, 0.25) is 0 Å². The highest BCUT2D eigenvalue weighted by Crippen LogP contribution is 2.19. The van der Waals surface area contributed by atoms with E-state index in [0.717, 1.165) is 44.7 Å². The largest absolute Gasteiger partial charge is 0.338 e. The molecule has 1 aliphatic rings. The van der Waals surface area contributed by atoms with E-state index in [2.05, 4.69) is 32.4 Å². The van der Waals surface area contributed by atoms with Gasteiger partial charge in [-0.05, 0) is 78.5 Å². The van der Waals surface area contributed by atoms with Gasteiger partial charge in [0, 0.05) is 23.8 Å². The molecule has 0 saturated carbocycles. The Morgan fingerprint density at radius 3 is 2.62 bits per heavy atom. The van der Waals surface area contributed by atoms with Crippen molar-refractivity contribution in [3.63, 3.8) is 0 Å². The maximum Gasteiger partial charge on any atom is 0.319 e. The lowest BCUT2D eigenvalue weighted by atomic mass is 9.96. The summed E-state index contributed by atoms with van der Waals surface area (Å²) in [6.45, 7) is 3.97. The Labute approximate surface area is 151 Å². The maximum atomic E-state index is 12.0. The molecule has 2 N–H and O–H groups in total. The highest BCUT2D eigenvalue weighted by molar-refractivity contribution is 7.07. The number of hydrogen-bond donors (Lipinski definition) is 2. The van der Waals surface area contributed by atoms with Crippen molar-refractivity contribution in [3.8, 4) is 0 Å². The zero-order valence-electron chi connectivity index (χ0n) is 13.5. The van der Waals surface area contributed by atoms with Crippen LogP contribution in [0.2, 0.25) is 5.02 Å². The topological polar surface area (TPSA) is 44.4 Å². The molecule has 1 aromatic heterocycles. The van der Waals surface area contributed by atoms with Gasteiger partial charge in [0.05, 0.1) is 0 Å². The van der Waals surface area contributed by atoms with Crippen molar-refractivity contribution in [2.45, 2.75) is 19.4 Å². The second kappa shape index (κ2) is 8.51. The van der Waals surface area contributed by atoms with Crippen molar-refractivity contribution in [1.29, 1.82) is 0 Å². The predicted molar refractivity (Wildman–Crippen MR) is 101 cm³/mol. The van der Waals surface area contributed by atoms with Crippen LogP contribution in [-0.2, 0) is 6.54 Å². The molecule has 1 fully saturated rings. The van der Waals surface area contributed by atoms with E-state index in [1.165, 1.54) is 5.56 Å². The summed E-state index contributed by atoms with van der Waals surface area (Å²) in [7, 11) is 0. The normalized spacial score (nSPS) is 16.0. The van der Waals surface area contributed by atoms with Gasteiger partial charge in [-0.3, -0.25) is 4.90 Å². The van der Waals surface area contributed by atoms with Crippen LogP contribution in [0.25, 0.3) is 0 Å². The Bertz CT molecular complexity index is 637. The number of benzene rings is 1. The second-order valence-corrected chi connectivity index (χ2v) is 7.41. The number of amides is 2. The molecule has 2 aromatic rings. The summed E-state index contributed by atoms with van der Waals surface area (Å²) in [5.41, 5.74) is 2.15. The van der Waals surface area contributed by atoms with Crippen LogP contribution in [0, 0.1) is 5.92 Å². The molecule has 0 radical (unpaired) electrons. The van der Waals surface area contributed by atoms with Crippen LogP contribution >= 0.6 is 22.9 Å². The van der Waals surface area contributed by atoms with E-state index >= 15 is 0 Å². The molecule has 24 heavy (non-hydrogen) atoms. The molecule has 1 saturated heterocycles. The van der Waals surface area contributed by atoms with Crippen molar-refractivity contribution in [3.05, 3.63) is 51.7 Å². The molecular formula is C18H22ClN3OS. The first-order valence-corrected chi connectivity index (χ1v) is 9.55. The van der Waals surface area contributed by atoms with E-state index in [1.807, 2.05) is 0 Å². The number of piperidine rings is 1. The SMILES string of the molecule is O=C(NCC1CCN(Cc2ccsc2)CC1)Nc1ccc(Cl)cc1. The molecule has 0 atom stereocenters. The fourth-order valence-corrected chi connectivity index (χ4v) is 3.72. The first-order chi connectivity index (χ1) is 11.7. The summed E-state index contributed by atoms with van der Waals surface area (Å²) in [4.78, 5) is 14.4. The Morgan fingerprint density at radius 1 is 1.21 bits per heavy atom. The molecule has 0 unspecified atom stereocenters. The standard InChI is InChI=1S/C18H22ClN3OS/c19-16-1-3-17(4-2-16)21-18(23)20-11-14-5-8-22(9-6-14)12-15-7-10-24-13-15/h1-4,7,10,13-14H,5-6,8-9,11-12H2,(H2,20,21,23). The molecule has 1 aromatic carbocycles. The smallest absolute Gasteiger partial charge is 0.319 e. The summed E-state index contributed by atoms with van der Waals surface area (Å²) in [6, 6.07) is 9.16. The first kappa shape index (κ1) is 17.3. The minimum atomic E-state index is -0.155. The van der Waals surface area contributed by atoms with Crippen LogP contribution in [0.4, 0.5) is 10.5 Å². The Morgan fingerprint density at radius 2 is 1.96 bits per heavy atom. The third kappa shape index (κ3) is 5.23. The van der Waals surface area contributed by atoms with Gasteiger partial charge in [-0.15, -0.1) is 0 Å². The van der Waals surface area contributed by atoms with E-state index in [9.17, 15) is 4.79 Å². The molecule has 6 heteroatoms. The number of halogens is 1. The Kier molecular flexibility index (Phi) is 6.12. The molecule has 3 rings (SSSR count). The number of anilines is 1. The number of urea groups is 1. The van der Waals surface area contributed by atoms with Gasteiger partial charge in [0.1, 0.15) is 0 Å². The molecule has 128 valence electrons. The van der Waals surface area contributed by atoms with Gasteiger partial charge in [-0.1, -0.05) is 11.6 Å². The third-order valence-electron chi connectivity index (χ3n) is 4.35. The highest BCUT2D eigenvalue weighted by atomic mass is 35.5. The number of thiophene rings is 1. The highest BCUT2D eigenvalue weighted by Gasteiger charge is 2.19. The summed E-state index contributed by atoms with van der Waals surface area (Å²) in [6.07, 6.45) is 2.26. The van der Waals surface area contributed by atoms with Gasteiger partial charge in [0.25, 0.3) is 0 Å². The molecule has 0 aliphatic carbocycles. The summed E-state index contributed by atoms with van der Waals surface area (Å²) in [5.74, 6) is 0.555. The van der Waals surface area contributed by atoms with Gasteiger partial charge in [-0.25, -0.2) is 4.79 Å². The van der Waals surface area contributed by atoms with E-state index in [1.54, 1.807) is 35.6 Å². The van der Waals surface area contributed by atoms with Gasteiger partial charge < -0.3 is 10.6 Å². The maximum absolute atomic E-state index is 12.0. The fourth-order valence-electron chi connectivity index (χ4n) is 2.94. The molecule has 1 aliphatic heterocycles. The lowest BCUT2D eigenvalue weighted by Gasteiger charge is -2.31. The zero-order valence-corrected chi connectivity index (χ0v) is 15.1. The fraction of sp³-hybridized carbons (Fsp3) is 0.389. The van der Waals surface area contributed by atoms with Gasteiger partial charge in [-0.2, -0.15) is 11.3 Å². The van der Waals surface area contributed by atoms with E-state index in [-0.39, 0.29) is 6.03 Å². The minimum absolute atomic E-state index is 0.155. The average Bonchev–Trinajstić information content (AvgIpc) is 3.09. The molecule has 2 heterocycles. The summed E-state index contributed by atoms with van der Waals surface area (Å²) >= 11 is 7.59. The summed E-state index contributed by atoms with van der Waals surface area (Å²) < 4.78 is 0. The van der Waals surface area contributed by atoms with Crippen LogP contribution < -0.4 is 10.6 Å². The van der Waals surface area contributed by atoms with Crippen molar-refractivity contribution in [1.82, 2.24) is 10.2 Å². The first-order valence-electron chi connectivity index (χ1n) is 8.23. The van der Waals surface area contributed by atoms with Crippen molar-refractivity contribution in [2.75, 3.05) is 25.0 Å². The number of likely N-dealkylation sites (tertiary alicyclic amines) is 1.